The van der Waals surface area contributed by atoms with Gasteiger partial charge in [0.15, 0.2) is 0 Å². The van der Waals surface area contributed by atoms with Crippen LogP contribution in [-0.2, 0) is 13.1 Å². The largest absolute Gasteiger partial charge is 0.311 e. The van der Waals surface area contributed by atoms with Gasteiger partial charge in [-0.1, -0.05) is 13.0 Å². The van der Waals surface area contributed by atoms with Crippen molar-refractivity contribution in [3.05, 3.63) is 30.6 Å². The molecule has 1 heterocycles. The van der Waals surface area contributed by atoms with Gasteiger partial charge < -0.3 is 5.32 Å². The lowest BCUT2D eigenvalue weighted by Crippen LogP contribution is -2.17. The summed E-state index contributed by atoms with van der Waals surface area (Å²) in [6, 6.07) is 2.03. The van der Waals surface area contributed by atoms with E-state index in [1.807, 2.05) is 23.0 Å². The molecule has 1 rings (SSSR count). The Balaban J connectivity index is 2.44. The van der Waals surface area contributed by atoms with Gasteiger partial charge in [0.25, 0.3) is 0 Å². The molecule has 0 aliphatic heterocycles. The van der Waals surface area contributed by atoms with Crippen LogP contribution in [0.15, 0.2) is 24.9 Å². The fourth-order valence-electron chi connectivity index (χ4n) is 1.19. The maximum atomic E-state index is 4.19. The van der Waals surface area contributed by atoms with Gasteiger partial charge in [-0.3, -0.25) is 4.68 Å². The van der Waals surface area contributed by atoms with Crippen LogP contribution in [0.3, 0.4) is 0 Å². The molecule has 72 valence electrons. The molecule has 0 bridgehead atoms. The first kappa shape index (κ1) is 9.99. The highest BCUT2D eigenvalue weighted by atomic mass is 15.3. The summed E-state index contributed by atoms with van der Waals surface area (Å²) in [5.74, 6) is 0. The third kappa shape index (κ3) is 3.03. The van der Waals surface area contributed by atoms with Gasteiger partial charge in [-0.15, -0.1) is 6.58 Å². The smallest absolute Gasteiger partial charge is 0.0591 e. The summed E-state index contributed by atoms with van der Waals surface area (Å²) in [5, 5.41) is 7.53. The Bertz CT molecular complexity index is 252. The second-order valence-corrected chi connectivity index (χ2v) is 2.97. The summed E-state index contributed by atoms with van der Waals surface area (Å²) in [4.78, 5) is 0. The van der Waals surface area contributed by atoms with Crippen molar-refractivity contribution in [3.8, 4) is 0 Å². The van der Waals surface area contributed by atoms with Gasteiger partial charge >= 0.3 is 0 Å². The van der Waals surface area contributed by atoms with Gasteiger partial charge in [0.05, 0.1) is 12.2 Å². The molecular weight excluding hydrogens is 162 g/mol. The minimum Gasteiger partial charge on any atom is -0.311 e. The molecule has 1 aromatic heterocycles. The highest BCUT2D eigenvalue weighted by molar-refractivity contribution is 5.00. The van der Waals surface area contributed by atoms with Crippen molar-refractivity contribution in [1.82, 2.24) is 15.1 Å². The number of hydrogen-bond donors (Lipinski definition) is 1. The average molecular weight is 179 g/mol. The molecule has 3 nitrogen and oxygen atoms in total. The molecule has 0 saturated heterocycles. The number of hydrogen-bond acceptors (Lipinski definition) is 2. The van der Waals surface area contributed by atoms with E-state index in [4.69, 9.17) is 0 Å². The highest BCUT2D eigenvalue weighted by Gasteiger charge is 1.98. The molecule has 0 aliphatic rings. The van der Waals surface area contributed by atoms with E-state index >= 15 is 0 Å². The third-order valence-electron chi connectivity index (χ3n) is 1.84. The lowest BCUT2D eigenvalue weighted by molar-refractivity contribution is 0.598. The lowest BCUT2D eigenvalue weighted by Gasteiger charge is -2.05. The van der Waals surface area contributed by atoms with Crippen LogP contribution in [0.1, 0.15) is 19.0 Å². The summed E-state index contributed by atoms with van der Waals surface area (Å²) in [6.45, 7) is 8.59. The lowest BCUT2D eigenvalue weighted by atomic mass is 10.4. The molecular formula is C10H17N3. The van der Waals surface area contributed by atoms with Gasteiger partial charge in [-0.05, 0) is 19.0 Å². The Hall–Kier alpha value is -1.09. The van der Waals surface area contributed by atoms with Crippen LogP contribution in [0.5, 0.6) is 0 Å². The minimum absolute atomic E-state index is 0.788. The molecule has 0 radical (unpaired) electrons. The molecule has 1 aromatic rings. The molecule has 0 unspecified atom stereocenters. The van der Waals surface area contributed by atoms with Crippen molar-refractivity contribution >= 4 is 0 Å². The maximum Gasteiger partial charge on any atom is 0.0591 e. The van der Waals surface area contributed by atoms with Crippen molar-refractivity contribution in [3.63, 3.8) is 0 Å². The highest BCUT2D eigenvalue weighted by Crippen LogP contribution is 1.98. The Kier molecular flexibility index (Phi) is 4.26. The van der Waals surface area contributed by atoms with Crippen LogP contribution in [0.25, 0.3) is 0 Å². The number of rotatable bonds is 6. The first-order valence-corrected chi connectivity index (χ1v) is 4.70. The summed E-state index contributed by atoms with van der Waals surface area (Å²) >= 11 is 0. The fraction of sp³-hybridized carbons (Fsp3) is 0.500. The van der Waals surface area contributed by atoms with E-state index < -0.39 is 0 Å². The van der Waals surface area contributed by atoms with Crippen LogP contribution in [0.4, 0.5) is 0 Å². The van der Waals surface area contributed by atoms with Crippen LogP contribution in [0.2, 0.25) is 0 Å². The molecule has 1 N–H and O–H groups in total. The first-order valence-electron chi connectivity index (χ1n) is 4.70. The Morgan fingerprint density at radius 3 is 3.23 bits per heavy atom. The van der Waals surface area contributed by atoms with E-state index in [-0.39, 0.29) is 0 Å². The van der Waals surface area contributed by atoms with Crippen molar-refractivity contribution in [2.45, 2.75) is 26.4 Å². The zero-order valence-electron chi connectivity index (χ0n) is 8.16. The maximum absolute atomic E-state index is 4.19. The Morgan fingerprint density at radius 2 is 2.54 bits per heavy atom. The second kappa shape index (κ2) is 5.54. The van der Waals surface area contributed by atoms with Gasteiger partial charge in [-0.25, -0.2) is 0 Å². The van der Waals surface area contributed by atoms with Crippen molar-refractivity contribution in [2.24, 2.45) is 0 Å². The van der Waals surface area contributed by atoms with E-state index in [1.54, 1.807) is 0 Å². The predicted molar refractivity (Wildman–Crippen MR) is 54.4 cm³/mol. The van der Waals surface area contributed by atoms with E-state index in [9.17, 15) is 0 Å². The predicted octanol–water partition coefficient (Wildman–Crippen LogP) is 1.57. The standard InChI is InChI=1S/C10H17N3/c1-3-6-11-9-10-5-7-12-13(10)8-4-2/h4-5,7,11H,2-3,6,8-9H2,1H3. The Morgan fingerprint density at radius 1 is 1.69 bits per heavy atom. The quantitative estimate of drug-likeness (QED) is 0.530. The molecule has 0 spiro atoms. The molecule has 13 heavy (non-hydrogen) atoms. The second-order valence-electron chi connectivity index (χ2n) is 2.97. The van der Waals surface area contributed by atoms with Gasteiger partial charge in [0.1, 0.15) is 0 Å². The van der Waals surface area contributed by atoms with Gasteiger partial charge in [0.2, 0.25) is 0 Å². The molecule has 0 fully saturated rings. The van der Waals surface area contributed by atoms with E-state index in [0.29, 0.717) is 0 Å². The van der Waals surface area contributed by atoms with Crippen LogP contribution in [-0.4, -0.2) is 16.3 Å². The zero-order chi connectivity index (χ0) is 9.52. The van der Waals surface area contributed by atoms with E-state index in [2.05, 4.69) is 23.9 Å². The summed E-state index contributed by atoms with van der Waals surface area (Å²) < 4.78 is 1.95. The van der Waals surface area contributed by atoms with E-state index in [1.165, 1.54) is 5.69 Å². The fourth-order valence-corrected chi connectivity index (χ4v) is 1.19. The normalized spacial score (nSPS) is 10.2. The van der Waals surface area contributed by atoms with Crippen LogP contribution < -0.4 is 5.32 Å². The molecule has 0 atom stereocenters. The SMILES string of the molecule is C=CCn1nccc1CNCCC. The third-order valence-corrected chi connectivity index (χ3v) is 1.84. The van der Waals surface area contributed by atoms with Crippen LogP contribution in [0, 0.1) is 0 Å². The number of aromatic nitrogens is 2. The number of nitrogens with one attached hydrogen (secondary N) is 1. The summed E-state index contributed by atoms with van der Waals surface area (Å²) in [6.07, 6.45) is 4.85. The minimum atomic E-state index is 0.788. The monoisotopic (exact) mass is 179 g/mol. The van der Waals surface area contributed by atoms with Gasteiger partial charge in [0, 0.05) is 12.7 Å². The van der Waals surface area contributed by atoms with Crippen LogP contribution >= 0.6 is 0 Å². The molecule has 0 amide bonds. The van der Waals surface area contributed by atoms with Gasteiger partial charge in [-0.2, -0.15) is 5.10 Å². The summed E-state index contributed by atoms with van der Waals surface area (Å²) in [5.41, 5.74) is 1.22. The Labute approximate surface area is 79.5 Å². The zero-order valence-corrected chi connectivity index (χ0v) is 8.16. The average Bonchev–Trinajstić information content (AvgIpc) is 2.54. The molecule has 3 heteroatoms. The topological polar surface area (TPSA) is 29.9 Å². The van der Waals surface area contributed by atoms with Crippen molar-refractivity contribution in [1.29, 1.82) is 0 Å². The number of allylic oxidation sites excluding steroid dienone is 1. The summed E-state index contributed by atoms with van der Waals surface area (Å²) in [7, 11) is 0. The first-order chi connectivity index (χ1) is 6.38. The molecule has 0 aromatic carbocycles. The molecule has 0 saturated carbocycles. The number of nitrogens with zero attached hydrogens (tertiary/aromatic N) is 2. The van der Waals surface area contributed by atoms with Crippen molar-refractivity contribution < 1.29 is 0 Å². The van der Waals surface area contributed by atoms with E-state index in [0.717, 1.165) is 26.1 Å². The van der Waals surface area contributed by atoms with Crippen molar-refractivity contribution in [2.75, 3.05) is 6.54 Å². The molecule has 0 aliphatic carbocycles.